The molecule has 2 N–H and O–H groups in total. The van der Waals surface area contributed by atoms with E-state index in [1.165, 1.54) is 51.9 Å². The third-order valence-corrected chi connectivity index (χ3v) is 5.81. The smallest absolute Gasteiger partial charge is 0.0613 e. The maximum atomic E-state index is 9.74. The SMILES string of the molecule is CCNC1(CO)CCC(N2CCC(N3CCCC3)C2)C1. The Labute approximate surface area is 123 Å². The van der Waals surface area contributed by atoms with Gasteiger partial charge in [-0.2, -0.15) is 0 Å². The molecular weight excluding hydrogens is 250 g/mol. The van der Waals surface area contributed by atoms with Crippen molar-refractivity contribution >= 4 is 0 Å². The molecule has 3 fully saturated rings. The Morgan fingerprint density at radius 2 is 1.90 bits per heavy atom. The second kappa shape index (κ2) is 6.30. The second-order valence-electron chi connectivity index (χ2n) is 7.05. The molecule has 2 saturated heterocycles. The molecule has 0 spiro atoms. The molecule has 2 aliphatic heterocycles. The molecule has 1 aliphatic carbocycles. The van der Waals surface area contributed by atoms with Crippen molar-refractivity contribution < 1.29 is 5.11 Å². The lowest BCUT2D eigenvalue weighted by Crippen LogP contribution is -2.48. The molecule has 0 aromatic rings. The summed E-state index contributed by atoms with van der Waals surface area (Å²) in [6.45, 7) is 8.56. The predicted molar refractivity (Wildman–Crippen MR) is 81.9 cm³/mol. The number of nitrogens with zero attached hydrogens (tertiary/aromatic N) is 2. The number of aliphatic hydroxyl groups is 1. The molecular formula is C16H31N3O. The van der Waals surface area contributed by atoms with Crippen molar-refractivity contribution in [3.05, 3.63) is 0 Å². The molecule has 0 radical (unpaired) electrons. The maximum Gasteiger partial charge on any atom is 0.0613 e. The lowest BCUT2D eigenvalue weighted by molar-refractivity contribution is 0.148. The van der Waals surface area contributed by atoms with Crippen LogP contribution in [-0.4, -0.2) is 71.9 Å². The highest BCUT2D eigenvalue weighted by Gasteiger charge is 2.42. The van der Waals surface area contributed by atoms with Gasteiger partial charge in [0.05, 0.1) is 6.61 Å². The van der Waals surface area contributed by atoms with Crippen LogP contribution in [0.5, 0.6) is 0 Å². The zero-order valence-corrected chi connectivity index (χ0v) is 13.0. The van der Waals surface area contributed by atoms with Crippen molar-refractivity contribution in [2.75, 3.05) is 39.3 Å². The van der Waals surface area contributed by atoms with Crippen LogP contribution in [0.1, 0.15) is 45.4 Å². The van der Waals surface area contributed by atoms with Crippen molar-refractivity contribution in [2.45, 2.75) is 63.1 Å². The van der Waals surface area contributed by atoms with E-state index >= 15 is 0 Å². The molecule has 3 rings (SSSR count). The molecule has 2 heterocycles. The Kier molecular flexibility index (Phi) is 4.65. The quantitative estimate of drug-likeness (QED) is 0.790. The highest BCUT2D eigenvalue weighted by atomic mass is 16.3. The summed E-state index contributed by atoms with van der Waals surface area (Å²) in [5.41, 5.74) is 0.00511. The van der Waals surface area contributed by atoms with E-state index in [4.69, 9.17) is 0 Å². The van der Waals surface area contributed by atoms with Crippen molar-refractivity contribution in [1.82, 2.24) is 15.1 Å². The fourth-order valence-corrected chi connectivity index (χ4v) is 4.65. The molecule has 3 unspecified atom stereocenters. The van der Waals surface area contributed by atoms with Crippen LogP contribution in [0.25, 0.3) is 0 Å². The van der Waals surface area contributed by atoms with Gasteiger partial charge in [0.2, 0.25) is 0 Å². The monoisotopic (exact) mass is 281 g/mol. The summed E-state index contributed by atoms with van der Waals surface area (Å²) in [7, 11) is 0. The van der Waals surface area contributed by atoms with Crippen molar-refractivity contribution in [3.8, 4) is 0 Å². The van der Waals surface area contributed by atoms with Gasteiger partial charge in [-0.05, 0) is 58.2 Å². The van der Waals surface area contributed by atoms with E-state index in [0.29, 0.717) is 12.6 Å². The Hall–Kier alpha value is -0.160. The Morgan fingerprint density at radius 3 is 2.60 bits per heavy atom. The average molecular weight is 281 g/mol. The van der Waals surface area contributed by atoms with Gasteiger partial charge in [0.25, 0.3) is 0 Å². The summed E-state index contributed by atoms with van der Waals surface area (Å²) in [6, 6.07) is 1.49. The zero-order chi connectivity index (χ0) is 14.0. The fourth-order valence-electron chi connectivity index (χ4n) is 4.65. The first-order chi connectivity index (χ1) is 9.76. The normalized spacial score (nSPS) is 39.9. The Morgan fingerprint density at radius 1 is 1.10 bits per heavy atom. The molecule has 0 aromatic carbocycles. The fraction of sp³-hybridized carbons (Fsp3) is 1.00. The number of hydrogen-bond donors (Lipinski definition) is 2. The lowest BCUT2D eigenvalue weighted by Gasteiger charge is -2.31. The first-order valence-electron chi connectivity index (χ1n) is 8.60. The highest BCUT2D eigenvalue weighted by molar-refractivity contribution is 5.01. The van der Waals surface area contributed by atoms with Gasteiger partial charge >= 0.3 is 0 Å². The topological polar surface area (TPSA) is 38.7 Å². The lowest BCUT2D eigenvalue weighted by atomic mass is 9.98. The third-order valence-electron chi connectivity index (χ3n) is 5.81. The maximum absolute atomic E-state index is 9.74. The molecule has 4 heteroatoms. The molecule has 0 bridgehead atoms. The summed E-state index contributed by atoms with van der Waals surface area (Å²) in [5, 5.41) is 13.3. The summed E-state index contributed by atoms with van der Waals surface area (Å²) >= 11 is 0. The predicted octanol–water partition coefficient (Wildman–Crippen LogP) is 1.05. The molecule has 3 atom stereocenters. The van der Waals surface area contributed by atoms with Crippen molar-refractivity contribution in [1.29, 1.82) is 0 Å². The van der Waals surface area contributed by atoms with Crippen LogP contribution in [0.3, 0.4) is 0 Å². The van der Waals surface area contributed by atoms with E-state index in [9.17, 15) is 5.11 Å². The Bertz CT molecular complexity index is 319. The molecule has 0 aromatic heterocycles. The molecule has 3 aliphatic rings. The largest absolute Gasteiger partial charge is 0.394 e. The standard InChI is InChI=1S/C16H31N3O/c1-2-17-16(13-20)7-5-14(11-16)19-10-6-15(12-19)18-8-3-4-9-18/h14-15,17,20H,2-13H2,1H3. The van der Waals surface area contributed by atoms with Crippen LogP contribution in [0.4, 0.5) is 0 Å². The van der Waals surface area contributed by atoms with E-state index in [-0.39, 0.29) is 5.54 Å². The second-order valence-corrected chi connectivity index (χ2v) is 7.05. The highest BCUT2D eigenvalue weighted by Crippen LogP contribution is 2.35. The van der Waals surface area contributed by atoms with Crippen LogP contribution in [0.2, 0.25) is 0 Å². The van der Waals surface area contributed by atoms with Gasteiger partial charge in [0, 0.05) is 30.7 Å². The summed E-state index contributed by atoms with van der Waals surface area (Å²) in [6.07, 6.45) is 7.66. The number of hydrogen-bond acceptors (Lipinski definition) is 4. The minimum Gasteiger partial charge on any atom is -0.394 e. The van der Waals surface area contributed by atoms with E-state index in [1.807, 2.05) is 0 Å². The number of aliphatic hydroxyl groups excluding tert-OH is 1. The minimum atomic E-state index is 0.00511. The van der Waals surface area contributed by atoms with E-state index in [0.717, 1.165) is 25.4 Å². The van der Waals surface area contributed by atoms with E-state index in [2.05, 4.69) is 22.0 Å². The average Bonchev–Trinajstić information content (AvgIpc) is 3.19. The van der Waals surface area contributed by atoms with E-state index in [1.54, 1.807) is 0 Å². The minimum absolute atomic E-state index is 0.00511. The number of nitrogens with one attached hydrogen (secondary N) is 1. The van der Waals surface area contributed by atoms with Crippen LogP contribution in [0.15, 0.2) is 0 Å². The van der Waals surface area contributed by atoms with Gasteiger partial charge in [-0.3, -0.25) is 9.80 Å². The van der Waals surface area contributed by atoms with Gasteiger partial charge in [-0.15, -0.1) is 0 Å². The van der Waals surface area contributed by atoms with Crippen LogP contribution >= 0.6 is 0 Å². The van der Waals surface area contributed by atoms with Gasteiger partial charge in [-0.25, -0.2) is 0 Å². The van der Waals surface area contributed by atoms with Crippen LogP contribution in [-0.2, 0) is 0 Å². The summed E-state index contributed by atoms with van der Waals surface area (Å²) in [4.78, 5) is 5.41. The van der Waals surface area contributed by atoms with Gasteiger partial charge in [0.15, 0.2) is 0 Å². The van der Waals surface area contributed by atoms with Gasteiger partial charge in [0.1, 0.15) is 0 Å². The summed E-state index contributed by atoms with van der Waals surface area (Å²) < 4.78 is 0. The molecule has 20 heavy (non-hydrogen) atoms. The van der Waals surface area contributed by atoms with Crippen molar-refractivity contribution in [2.24, 2.45) is 0 Å². The molecule has 116 valence electrons. The molecule has 4 nitrogen and oxygen atoms in total. The third kappa shape index (κ3) is 2.89. The number of likely N-dealkylation sites (tertiary alicyclic amines) is 2. The van der Waals surface area contributed by atoms with E-state index < -0.39 is 0 Å². The first-order valence-corrected chi connectivity index (χ1v) is 8.60. The van der Waals surface area contributed by atoms with Crippen LogP contribution in [0, 0.1) is 0 Å². The van der Waals surface area contributed by atoms with Crippen LogP contribution < -0.4 is 5.32 Å². The first kappa shape index (κ1) is 14.8. The van der Waals surface area contributed by atoms with Crippen molar-refractivity contribution in [3.63, 3.8) is 0 Å². The number of likely N-dealkylation sites (N-methyl/N-ethyl adjacent to an activating group) is 1. The molecule has 0 amide bonds. The van der Waals surface area contributed by atoms with Gasteiger partial charge < -0.3 is 10.4 Å². The molecule has 1 saturated carbocycles. The number of rotatable bonds is 5. The van der Waals surface area contributed by atoms with Gasteiger partial charge in [-0.1, -0.05) is 6.92 Å². The Balaban J connectivity index is 1.53. The summed E-state index contributed by atoms with van der Waals surface area (Å²) in [5.74, 6) is 0. The zero-order valence-electron chi connectivity index (χ0n) is 13.0.